The lowest BCUT2D eigenvalue weighted by Gasteiger charge is -2.36. The third-order valence-corrected chi connectivity index (χ3v) is 3.07. The van der Waals surface area contributed by atoms with Crippen LogP contribution in [0.3, 0.4) is 0 Å². The Morgan fingerprint density at radius 1 is 1.50 bits per heavy atom. The smallest absolute Gasteiger partial charge is 0.326 e. The van der Waals surface area contributed by atoms with Gasteiger partial charge in [-0.3, -0.25) is 0 Å². The molecule has 1 aliphatic rings. The van der Waals surface area contributed by atoms with Gasteiger partial charge in [-0.15, -0.1) is 0 Å². The van der Waals surface area contributed by atoms with Crippen LogP contribution in [0.1, 0.15) is 25.0 Å². The molecule has 2 atom stereocenters. The zero-order valence-electron chi connectivity index (χ0n) is 9.13. The highest BCUT2D eigenvalue weighted by atomic mass is 16.4. The number of anilines is 1. The number of nitrogens with zero attached hydrogens (tertiary/aromatic N) is 1. The maximum Gasteiger partial charge on any atom is 0.326 e. The fourth-order valence-electron chi connectivity index (χ4n) is 2.10. The van der Waals surface area contributed by atoms with Crippen LogP contribution in [0, 0.1) is 0 Å². The lowest BCUT2D eigenvalue weighted by atomic mass is 9.97. The van der Waals surface area contributed by atoms with E-state index in [4.69, 9.17) is 5.11 Å². The molecule has 0 fully saturated rings. The molecule has 0 aromatic heterocycles. The number of rotatable bonds is 2. The molecule has 1 aromatic rings. The molecule has 0 radical (unpaired) electrons. The van der Waals surface area contributed by atoms with Gasteiger partial charge in [0.15, 0.2) is 0 Å². The lowest BCUT2D eigenvalue weighted by Crippen LogP contribution is -2.42. The second-order valence-electron chi connectivity index (χ2n) is 4.07. The Hall–Kier alpha value is -1.55. The molecule has 2 unspecified atom stereocenters. The van der Waals surface area contributed by atoms with Crippen molar-refractivity contribution in [1.82, 2.24) is 0 Å². The van der Waals surface area contributed by atoms with Crippen LogP contribution in [-0.2, 0) is 4.79 Å². The minimum absolute atomic E-state index is 0.478. The molecule has 0 saturated heterocycles. The molecule has 1 heterocycles. The van der Waals surface area contributed by atoms with Crippen molar-refractivity contribution in [2.45, 2.75) is 25.5 Å². The number of hydrogen-bond acceptors (Lipinski definition) is 3. The molecule has 1 aliphatic heterocycles. The SMILES string of the molecule is CC(C(=O)O)N1CCC(O)c2ccccc21. The van der Waals surface area contributed by atoms with E-state index in [2.05, 4.69) is 0 Å². The summed E-state index contributed by atoms with van der Waals surface area (Å²) in [7, 11) is 0. The normalized spacial score (nSPS) is 21.4. The predicted molar refractivity (Wildman–Crippen MR) is 60.5 cm³/mol. The van der Waals surface area contributed by atoms with E-state index in [0.717, 1.165) is 11.3 Å². The van der Waals surface area contributed by atoms with E-state index in [1.165, 1.54) is 0 Å². The number of hydrogen-bond donors (Lipinski definition) is 2. The van der Waals surface area contributed by atoms with Crippen molar-refractivity contribution in [1.29, 1.82) is 0 Å². The van der Waals surface area contributed by atoms with E-state index >= 15 is 0 Å². The number of fused-ring (bicyclic) bond motifs is 1. The summed E-state index contributed by atoms with van der Waals surface area (Å²) in [5.41, 5.74) is 1.65. The molecule has 4 nitrogen and oxygen atoms in total. The summed E-state index contributed by atoms with van der Waals surface area (Å²) in [5.74, 6) is -0.841. The van der Waals surface area contributed by atoms with Gasteiger partial charge >= 0.3 is 5.97 Å². The fourth-order valence-corrected chi connectivity index (χ4v) is 2.10. The summed E-state index contributed by atoms with van der Waals surface area (Å²) in [5, 5.41) is 18.8. The average molecular weight is 221 g/mol. The molecule has 2 N–H and O–H groups in total. The van der Waals surface area contributed by atoms with Crippen LogP contribution in [0.4, 0.5) is 5.69 Å². The molecule has 1 aromatic carbocycles. The maximum absolute atomic E-state index is 11.0. The number of carbonyl (C=O) groups is 1. The highest BCUT2D eigenvalue weighted by molar-refractivity contribution is 5.78. The summed E-state index contributed by atoms with van der Waals surface area (Å²) >= 11 is 0. The van der Waals surface area contributed by atoms with Crippen LogP contribution < -0.4 is 4.90 Å². The number of para-hydroxylation sites is 1. The Morgan fingerprint density at radius 3 is 2.88 bits per heavy atom. The van der Waals surface area contributed by atoms with Crippen molar-refractivity contribution in [3.05, 3.63) is 29.8 Å². The van der Waals surface area contributed by atoms with E-state index in [9.17, 15) is 9.90 Å². The van der Waals surface area contributed by atoms with Gasteiger partial charge < -0.3 is 15.1 Å². The number of aliphatic hydroxyl groups is 1. The Bertz CT molecular complexity index is 405. The predicted octanol–water partition coefficient (Wildman–Crippen LogP) is 1.40. The molecule has 0 bridgehead atoms. The van der Waals surface area contributed by atoms with Gasteiger partial charge in [-0.05, 0) is 19.4 Å². The number of carboxylic acid groups (broad SMARTS) is 1. The topological polar surface area (TPSA) is 60.8 Å². The molecule has 86 valence electrons. The van der Waals surface area contributed by atoms with Crippen LogP contribution in [0.25, 0.3) is 0 Å². The van der Waals surface area contributed by atoms with Gasteiger partial charge in [-0.2, -0.15) is 0 Å². The van der Waals surface area contributed by atoms with Crippen molar-refractivity contribution in [3.8, 4) is 0 Å². The van der Waals surface area contributed by atoms with Crippen LogP contribution in [0.2, 0.25) is 0 Å². The number of aliphatic hydroxyl groups excluding tert-OH is 1. The standard InChI is InChI=1S/C12H15NO3/c1-8(12(15)16)13-7-6-11(14)9-4-2-3-5-10(9)13/h2-5,8,11,14H,6-7H2,1H3,(H,15,16). The Balaban J connectivity index is 2.38. The first kappa shape index (κ1) is 11.0. The molecular formula is C12H15NO3. The zero-order valence-corrected chi connectivity index (χ0v) is 9.13. The first-order chi connectivity index (χ1) is 7.61. The van der Waals surface area contributed by atoms with E-state index in [-0.39, 0.29) is 0 Å². The summed E-state index contributed by atoms with van der Waals surface area (Å²) in [6.07, 6.45) is 0.0997. The Kier molecular flexibility index (Phi) is 2.83. The highest BCUT2D eigenvalue weighted by Crippen LogP contribution is 2.34. The van der Waals surface area contributed by atoms with Crippen molar-refractivity contribution >= 4 is 11.7 Å². The van der Waals surface area contributed by atoms with Gasteiger partial charge in [0.25, 0.3) is 0 Å². The Labute approximate surface area is 94.1 Å². The highest BCUT2D eigenvalue weighted by Gasteiger charge is 2.28. The largest absolute Gasteiger partial charge is 0.480 e. The summed E-state index contributed by atoms with van der Waals surface area (Å²) in [6.45, 7) is 2.24. The number of carboxylic acids is 1. The third kappa shape index (κ3) is 1.76. The van der Waals surface area contributed by atoms with Crippen LogP contribution in [0.15, 0.2) is 24.3 Å². The van der Waals surface area contributed by atoms with E-state index in [1.807, 2.05) is 29.2 Å². The quantitative estimate of drug-likeness (QED) is 0.792. The monoisotopic (exact) mass is 221 g/mol. The second kappa shape index (κ2) is 4.14. The van der Waals surface area contributed by atoms with Crippen molar-refractivity contribution in [2.75, 3.05) is 11.4 Å². The molecule has 4 heteroatoms. The van der Waals surface area contributed by atoms with Gasteiger partial charge in [-0.1, -0.05) is 18.2 Å². The van der Waals surface area contributed by atoms with E-state index in [0.29, 0.717) is 13.0 Å². The van der Waals surface area contributed by atoms with Crippen molar-refractivity contribution < 1.29 is 15.0 Å². The molecule has 2 rings (SSSR count). The fraction of sp³-hybridized carbons (Fsp3) is 0.417. The average Bonchev–Trinajstić information content (AvgIpc) is 2.29. The van der Waals surface area contributed by atoms with E-state index in [1.54, 1.807) is 6.92 Å². The third-order valence-electron chi connectivity index (χ3n) is 3.07. The molecule has 0 aliphatic carbocycles. The minimum Gasteiger partial charge on any atom is -0.480 e. The first-order valence-electron chi connectivity index (χ1n) is 5.37. The van der Waals surface area contributed by atoms with Gasteiger partial charge in [0.1, 0.15) is 6.04 Å². The minimum atomic E-state index is -0.841. The molecule has 0 spiro atoms. The van der Waals surface area contributed by atoms with Crippen LogP contribution >= 0.6 is 0 Å². The summed E-state index contributed by atoms with van der Waals surface area (Å²) in [4.78, 5) is 12.8. The Morgan fingerprint density at radius 2 is 2.19 bits per heavy atom. The van der Waals surface area contributed by atoms with Gasteiger partial charge in [0.05, 0.1) is 6.10 Å². The lowest BCUT2D eigenvalue weighted by molar-refractivity contribution is -0.138. The van der Waals surface area contributed by atoms with Crippen LogP contribution in [0.5, 0.6) is 0 Å². The second-order valence-corrected chi connectivity index (χ2v) is 4.07. The first-order valence-corrected chi connectivity index (χ1v) is 5.37. The van der Waals surface area contributed by atoms with Gasteiger partial charge in [-0.25, -0.2) is 4.79 Å². The maximum atomic E-state index is 11.0. The van der Waals surface area contributed by atoms with Crippen LogP contribution in [-0.4, -0.2) is 28.8 Å². The van der Waals surface area contributed by atoms with E-state index < -0.39 is 18.1 Å². The van der Waals surface area contributed by atoms with Gasteiger partial charge in [0, 0.05) is 17.8 Å². The molecule has 16 heavy (non-hydrogen) atoms. The summed E-state index contributed by atoms with van der Waals surface area (Å²) in [6, 6.07) is 6.86. The summed E-state index contributed by atoms with van der Waals surface area (Å²) < 4.78 is 0. The van der Waals surface area contributed by atoms with Crippen molar-refractivity contribution in [2.24, 2.45) is 0 Å². The number of aliphatic carboxylic acids is 1. The van der Waals surface area contributed by atoms with Crippen molar-refractivity contribution in [3.63, 3.8) is 0 Å². The molecule has 0 amide bonds. The molecular weight excluding hydrogens is 206 g/mol. The number of benzene rings is 1. The molecule has 0 saturated carbocycles. The van der Waals surface area contributed by atoms with Gasteiger partial charge in [0.2, 0.25) is 0 Å². The zero-order chi connectivity index (χ0) is 11.7.